The van der Waals surface area contributed by atoms with Gasteiger partial charge in [0.25, 0.3) is 0 Å². The van der Waals surface area contributed by atoms with Crippen LogP contribution >= 0.6 is 15.9 Å². The van der Waals surface area contributed by atoms with Crippen LogP contribution in [0.2, 0.25) is 0 Å². The summed E-state index contributed by atoms with van der Waals surface area (Å²) in [6.07, 6.45) is 0. The summed E-state index contributed by atoms with van der Waals surface area (Å²) in [5.41, 5.74) is 0.340. The SMILES string of the molecule is COc1c(C#N)cc(O)cc1C(=O)CBr. The molecule has 0 bridgehead atoms. The third-order valence-corrected chi connectivity index (χ3v) is 2.33. The van der Waals surface area contributed by atoms with Crippen LogP contribution in [0.3, 0.4) is 0 Å². The average Bonchev–Trinajstić information content (AvgIpc) is 2.26. The number of hydrogen-bond donors (Lipinski definition) is 1. The predicted molar refractivity (Wildman–Crippen MR) is 57.5 cm³/mol. The molecule has 0 amide bonds. The van der Waals surface area contributed by atoms with E-state index in [4.69, 9.17) is 10.00 Å². The summed E-state index contributed by atoms with van der Waals surface area (Å²) in [5.74, 6) is -0.185. The number of nitrogens with zero attached hydrogens (tertiary/aromatic N) is 1. The van der Waals surface area contributed by atoms with Crippen LogP contribution in [0.5, 0.6) is 11.5 Å². The maximum absolute atomic E-state index is 11.5. The van der Waals surface area contributed by atoms with Crippen molar-refractivity contribution in [3.63, 3.8) is 0 Å². The zero-order valence-corrected chi connectivity index (χ0v) is 9.54. The quantitative estimate of drug-likeness (QED) is 0.672. The lowest BCUT2D eigenvalue weighted by Gasteiger charge is -2.08. The lowest BCUT2D eigenvalue weighted by molar-refractivity contribution is 0.102. The lowest BCUT2D eigenvalue weighted by Crippen LogP contribution is -2.04. The minimum absolute atomic E-state index is 0.109. The molecule has 0 fully saturated rings. The van der Waals surface area contributed by atoms with Crippen molar-refractivity contribution in [1.29, 1.82) is 5.26 Å². The normalized spacial score (nSPS) is 9.40. The number of Topliss-reactive ketones (excluding diaryl/α,β-unsaturated/α-hetero) is 1. The fourth-order valence-corrected chi connectivity index (χ4v) is 1.50. The topological polar surface area (TPSA) is 70.3 Å². The fourth-order valence-electron chi connectivity index (χ4n) is 1.20. The monoisotopic (exact) mass is 269 g/mol. The van der Waals surface area contributed by atoms with E-state index in [0.717, 1.165) is 0 Å². The molecule has 0 unspecified atom stereocenters. The van der Waals surface area contributed by atoms with Crippen molar-refractivity contribution in [3.05, 3.63) is 23.3 Å². The minimum Gasteiger partial charge on any atom is -0.508 e. The first-order chi connectivity index (χ1) is 7.13. The first-order valence-corrected chi connectivity index (χ1v) is 5.16. The van der Waals surface area contributed by atoms with Crippen molar-refractivity contribution < 1.29 is 14.6 Å². The Morgan fingerprint density at radius 1 is 1.67 bits per heavy atom. The molecule has 1 rings (SSSR count). The third kappa shape index (κ3) is 2.28. The number of alkyl halides is 1. The fraction of sp³-hybridized carbons (Fsp3) is 0.200. The Morgan fingerprint density at radius 3 is 2.80 bits per heavy atom. The molecule has 1 aromatic rings. The molecular weight excluding hydrogens is 262 g/mol. The van der Waals surface area contributed by atoms with Crippen molar-refractivity contribution in [2.45, 2.75) is 0 Å². The number of methoxy groups -OCH3 is 1. The molecule has 15 heavy (non-hydrogen) atoms. The zero-order chi connectivity index (χ0) is 11.4. The summed E-state index contributed by atoms with van der Waals surface area (Å²) in [6, 6.07) is 4.39. The highest BCUT2D eigenvalue weighted by atomic mass is 79.9. The van der Waals surface area contributed by atoms with E-state index in [1.807, 2.05) is 6.07 Å². The van der Waals surface area contributed by atoms with Crippen LogP contribution in [-0.2, 0) is 0 Å². The van der Waals surface area contributed by atoms with E-state index in [1.165, 1.54) is 19.2 Å². The predicted octanol–water partition coefficient (Wildman–Crippen LogP) is 1.85. The largest absolute Gasteiger partial charge is 0.508 e. The van der Waals surface area contributed by atoms with E-state index in [2.05, 4.69) is 15.9 Å². The molecule has 0 aromatic heterocycles. The number of nitriles is 1. The molecule has 0 radical (unpaired) electrons. The Hall–Kier alpha value is -1.54. The number of carbonyl (C=O) groups is 1. The van der Waals surface area contributed by atoms with Crippen molar-refractivity contribution in [2.75, 3.05) is 12.4 Å². The van der Waals surface area contributed by atoms with Crippen LogP contribution in [0.25, 0.3) is 0 Å². The highest BCUT2D eigenvalue weighted by Crippen LogP contribution is 2.28. The van der Waals surface area contributed by atoms with E-state index in [9.17, 15) is 9.90 Å². The summed E-state index contributed by atoms with van der Waals surface area (Å²) in [7, 11) is 1.37. The van der Waals surface area contributed by atoms with Gasteiger partial charge in [0.1, 0.15) is 17.6 Å². The molecule has 4 nitrogen and oxygen atoms in total. The molecule has 0 heterocycles. The summed E-state index contributed by atoms with van der Waals surface area (Å²) in [4.78, 5) is 11.5. The summed E-state index contributed by atoms with van der Waals surface area (Å²) >= 11 is 3.02. The highest BCUT2D eigenvalue weighted by molar-refractivity contribution is 9.09. The summed E-state index contributed by atoms with van der Waals surface area (Å²) < 4.78 is 4.97. The van der Waals surface area contributed by atoms with Gasteiger partial charge in [-0.15, -0.1) is 0 Å². The van der Waals surface area contributed by atoms with Crippen LogP contribution in [0.15, 0.2) is 12.1 Å². The second-order valence-electron chi connectivity index (χ2n) is 2.74. The first kappa shape index (κ1) is 11.5. The van der Waals surface area contributed by atoms with E-state index in [0.29, 0.717) is 0 Å². The average molecular weight is 270 g/mol. The number of phenols is 1. The molecule has 1 N–H and O–H groups in total. The van der Waals surface area contributed by atoms with E-state index >= 15 is 0 Å². The Labute approximate surface area is 95.2 Å². The number of ether oxygens (including phenoxy) is 1. The maximum atomic E-state index is 11.5. The second-order valence-corrected chi connectivity index (χ2v) is 3.30. The maximum Gasteiger partial charge on any atom is 0.177 e. The van der Waals surface area contributed by atoms with Gasteiger partial charge in [-0.25, -0.2) is 0 Å². The third-order valence-electron chi connectivity index (χ3n) is 1.82. The van der Waals surface area contributed by atoms with E-state index in [-0.39, 0.29) is 33.7 Å². The first-order valence-electron chi connectivity index (χ1n) is 4.04. The molecule has 78 valence electrons. The number of ketones is 1. The van der Waals surface area contributed by atoms with Gasteiger partial charge in [0.15, 0.2) is 5.78 Å². The Morgan fingerprint density at radius 2 is 2.33 bits per heavy atom. The molecule has 0 aliphatic carbocycles. The molecule has 0 aliphatic rings. The lowest BCUT2D eigenvalue weighted by atomic mass is 10.1. The Bertz CT molecular complexity index is 437. The van der Waals surface area contributed by atoms with Crippen LogP contribution in [-0.4, -0.2) is 23.3 Å². The molecule has 0 atom stereocenters. The van der Waals surface area contributed by atoms with Crippen molar-refractivity contribution in [2.24, 2.45) is 0 Å². The molecular formula is C10H8BrNO3. The molecule has 5 heteroatoms. The van der Waals surface area contributed by atoms with Gasteiger partial charge < -0.3 is 9.84 Å². The number of rotatable bonds is 3. The second kappa shape index (κ2) is 4.80. The van der Waals surface area contributed by atoms with Gasteiger partial charge in [0.05, 0.1) is 23.6 Å². The summed E-state index contributed by atoms with van der Waals surface area (Å²) in [5, 5.41) is 18.2. The number of phenolic OH excluding ortho intramolecular Hbond substituents is 1. The summed E-state index contributed by atoms with van der Waals surface area (Å²) in [6.45, 7) is 0. The van der Waals surface area contributed by atoms with Gasteiger partial charge in [-0.3, -0.25) is 4.79 Å². The van der Waals surface area contributed by atoms with Crippen molar-refractivity contribution >= 4 is 21.7 Å². The van der Waals surface area contributed by atoms with Gasteiger partial charge in [-0.2, -0.15) is 5.26 Å². The van der Waals surface area contributed by atoms with E-state index < -0.39 is 0 Å². The molecule has 0 saturated heterocycles. The Balaban J connectivity index is 3.43. The Kier molecular flexibility index (Phi) is 3.69. The minimum atomic E-state index is -0.251. The van der Waals surface area contributed by atoms with E-state index in [1.54, 1.807) is 0 Å². The van der Waals surface area contributed by atoms with Crippen LogP contribution < -0.4 is 4.74 Å². The number of aromatic hydroxyl groups is 1. The number of halogens is 1. The van der Waals surface area contributed by atoms with Gasteiger partial charge >= 0.3 is 0 Å². The highest BCUT2D eigenvalue weighted by Gasteiger charge is 2.16. The van der Waals surface area contributed by atoms with Crippen LogP contribution in [0.4, 0.5) is 0 Å². The molecule has 0 saturated carbocycles. The van der Waals surface area contributed by atoms with Gasteiger partial charge in [-0.1, -0.05) is 15.9 Å². The smallest absolute Gasteiger partial charge is 0.177 e. The zero-order valence-electron chi connectivity index (χ0n) is 7.95. The van der Waals surface area contributed by atoms with Crippen molar-refractivity contribution in [3.8, 4) is 17.6 Å². The van der Waals surface area contributed by atoms with Gasteiger partial charge in [0, 0.05) is 6.07 Å². The van der Waals surface area contributed by atoms with Crippen molar-refractivity contribution in [1.82, 2.24) is 0 Å². The molecule has 0 aliphatic heterocycles. The number of hydrogen-bond acceptors (Lipinski definition) is 4. The van der Waals surface area contributed by atoms with Gasteiger partial charge in [-0.05, 0) is 6.07 Å². The molecule has 0 spiro atoms. The number of carbonyl (C=O) groups excluding carboxylic acids is 1. The number of benzene rings is 1. The van der Waals surface area contributed by atoms with Crippen LogP contribution in [0.1, 0.15) is 15.9 Å². The van der Waals surface area contributed by atoms with Crippen LogP contribution in [0, 0.1) is 11.3 Å². The van der Waals surface area contributed by atoms with Gasteiger partial charge in [0.2, 0.25) is 0 Å². The standard InChI is InChI=1S/C10H8BrNO3/c1-15-10-6(5-12)2-7(13)3-8(10)9(14)4-11/h2-3,13H,4H2,1H3. The molecule has 1 aromatic carbocycles.